The van der Waals surface area contributed by atoms with Crippen molar-refractivity contribution in [2.45, 2.75) is 18.9 Å². The van der Waals surface area contributed by atoms with Gasteiger partial charge in [0.2, 0.25) is 0 Å². The summed E-state index contributed by atoms with van der Waals surface area (Å²) in [7, 11) is 0. The zero-order valence-electron chi connectivity index (χ0n) is 9.07. The minimum atomic E-state index is -0.971. The largest absolute Gasteiger partial charge is 0.480 e. The number of hydrogen-bond acceptors (Lipinski definition) is 5. The number of hydroxylamine groups is 2. The fourth-order valence-electron chi connectivity index (χ4n) is 1.74. The lowest BCUT2D eigenvalue weighted by molar-refractivity contribution is -0.162. The van der Waals surface area contributed by atoms with Gasteiger partial charge >= 0.3 is 11.9 Å². The van der Waals surface area contributed by atoms with Crippen LogP contribution in [-0.4, -0.2) is 39.7 Å². The summed E-state index contributed by atoms with van der Waals surface area (Å²) >= 11 is 0. The van der Waals surface area contributed by atoms with E-state index in [1.54, 1.807) is 18.3 Å². The predicted molar refractivity (Wildman–Crippen MR) is 57.0 cm³/mol. The molecule has 1 saturated heterocycles. The fraction of sp³-hybridized carbons (Fsp3) is 0.364. The minimum Gasteiger partial charge on any atom is -0.480 e. The van der Waals surface area contributed by atoms with Crippen molar-refractivity contribution in [3.8, 4) is 0 Å². The van der Waals surface area contributed by atoms with Crippen molar-refractivity contribution in [3.63, 3.8) is 0 Å². The van der Waals surface area contributed by atoms with Gasteiger partial charge in [-0.25, -0.2) is 4.79 Å². The summed E-state index contributed by atoms with van der Waals surface area (Å²) < 4.78 is 0. The van der Waals surface area contributed by atoms with Crippen LogP contribution < -0.4 is 0 Å². The monoisotopic (exact) mass is 236 g/mol. The first-order valence-electron chi connectivity index (χ1n) is 5.30. The second-order valence-electron chi connectivity index (χ2n) is 3.76. The molecule has 17 heavy (non-hydrogen) atoms. The molecule has 6 nitrogen and oxygen atoms in total. The lowest BCUT2D eigenvalue weighted by Gasteiger charge is -2.19. The van der Waals surface area contributed by atoms with Gasteiger partial charge in [-0.1, -0.05) is 0 Å². The molecule has 0 aromatic carbocycles. The first kappa shape index (κ1) is 11.5. The smallest absolute Gasteiger partial charge is 0.358 e. The van der Waals surface area contributed by atoms with E-state index < -0.39 is 18.0 Å². The first-order chi connectivity index (χ1) is 8.18. The van der Waals surface area contributed by atoms with Crippen LogP contribution in [0.1, 0.15) is 23.2 Å². The van der Waals surface area contributed by atoms with E-state index in [1.807, 2.05) is 0 Å². The van der Waals surface area contributed by atoms with Crippen LogP contribution in [0, 0.1) is 0 Å². The predicted octanol–water partition coefficient (Wildman–Crippen LogP) is 0.702. The molecule has 1 atom stereocenters. The van der Waals surface area contributed by atoms with Crippen molar-refractivity contribution in [3.05, 3.63) is 30.1 Å². The summed E-state index contributed by atoms with van der Waals surface area (Å²) in [6.45, 7) is 0.447. The number of carboxylic acids is 1. The standard InChI is InChI=1S/C11H12N2O4/c14-10(15)9-4-2-6-13(9)17-11(16)8-3-1-5-12-7-8/h1,3,5,7,9H,2,4,6H2,(H,14,15)/t9-/m0/s1. The number of rotatable bonds is 3. The molecule has 0 bridgehead atoms. The van der Waals surface area contributed by atoms with E-state index in [1.165, 1.54) is 11.3 Å². The maximum absolute atomic E-state index is 11.7. The quantitative estimate of drug-likeness (QED) is 0.832. The molecule has 0 amide bonds. The number of aliphatic carboxylic acids is 1. The van der Waals surface area contributed by atoms with Crippen molar-refractivity contribution < 1.29 is 19.5 Å². The summed E-state index contributed by atoms with van der Waals surface area (Å²) in [4.78, 5) is 31.4. The lowest BCUT2D eigenvalue weighted by Crippen LogP contribution is -2.37. The molecule has 1 aromatic rings. The van der Waals surface area contributed by atoms with Gasteiger partial charge in [-0.2, -0.15) is 0 Å². The van der Waals surface area contributed by atoms with Crippen LogP contribution >= 0.6 is 0 Å². The Hall–Kier alpha value is -1.95. The van der Waals surface area contributed by atoms with Crippen molar-refractivity contribution in [1.82, 2.24) is 10.0 Å². The van der Waals surface area contributed by atoms with Crippen molar-refractivity contribution in [2.24, 2.45) is 0 Å². The maximum Gasteiger partial charge on any atom is 0.358 e. The zero-order valence-corrected chi connectivity index (χ0v) is 9.07. The molecule has 6 heteroatoms. The van der Waals surface area contributed by atoms with Gasteiger partial charge in [-0.15, -0.1) is 5.06 Å². The van der Waals surface area contributed by atoms with Crippen molar-refractivity contribution in [2.75, 3.05) is 6.54 Å². The Morgan fingerprint density at radius 2 is 2.35 bits per heavy atom. The molecule has 1 fully saturated rings. The molecule has 2 heterocycles. The third-order valence-electron chi connectivity index (χ3n) is 2.59. The normalized spacial score (nSPS) is 20.1. The zero-order chi connectivity index (χ0) is 12.3. The topological polar surface area (TPSA) is 79.7 Å². The molecule has 1 N–H and O–H groups in total. The molecule has 0 unspecified atom stereocenters. The number of aromatic nitrogens is 1. The molecule has 90 valence electrons. The Labute approximate surface area is 97.8 Å². The number of carbonyl (C=O) groups is 2. The number of carbonyl (C=O) groups excluding carboxylic acids is 1. The van der Waals surface area contributed by atoms with Crippen LogP contribution in [-0.2, 0) is 9.63 Å². The molecule has 0 saturated carbocycles. The second-order valence-corrected chi connectivity index (χ2v) is 3.76. The molecule has 0 radical (unpaired) electrons. The van der Waals surface area contributed by atoms with Crippen LogP contribution in [0.5, 0.6) is 0 Å². The summed E-state index contributed by atoms with van der Waals surface area (Å²) in [5, 5.41) is 10.1. The molecule has 1 aliphatic heterocycles. The first-order valence-corrected chi connectivity index (χ1v) is 5.30. The SMILES string of the molecule is O=C(ON1CCC[C@H]1C(=O)O)c1cccnc1. The Morgan fingerprint density at radius 1 is 1.53 bits per heavy atom. The van der Waals surface area contributed by atoms with Gasteiger partial charge in [-0.05, 0) is 25.0 Å². The lowest BCUT2D eigenvalue weighted by atomic mass is 10.2. The van der Waals surface area contributed by atoms with E-state index in [9.17, 15) is 9.59 Å². The molecule has 0 spiro atoms. The number of carboxylic acid groups (broad SMARTS) is 1. The van der Waals surface area contributed by atoms with Crippen LogP contribution in [0.25, 0.3) is 0 Å². The Bertz CT molecular complexity index is 421. The Kier molecular flexibility index (Phi) is 3.34. The number of pyridine rings is 1. The van der Waals surface area contributed by atoms with Gasteiger partial charge < -0.3 is 9.94 Å². The van der Waals surface area contributed by atoms with E-state index in [0.717, 1.165) is 0 Å². The van der Waals surface area contributed by atoms with Gasteiger partial charge in [0.1, 0.15) is 6.04 Å². The van der Waals surface area contributed by atoms with E-state index in [4.69, 9.17) is 9.94 Å². The van der Waals surface area contributed by atoms with Gasteiger partial charge in [-0.3, -0.25) is 9.78 Å². The molecular formula is C11H12N2O4. The average molecular weight is 236 g/mol. The second kappa shape index (κ2) is 4.92. The van der Waals surface area contributed by atoms with E-state index >= 15 is 0 Å². The Balaban J connectivity index is 2.02. The van der Waals surface area contributed by atoms with Gasteiger partial charge in [0, 0.05) is 18.9 Å². The Morgan fingerprint density at radius 3 is 3.00 bits per heavy atom. The molecule has 2 rings (SSSR count). The highest BCUT2D eigenvalue weighted by Crippen LogP contribution is 2.18. The maximum atomic E-state index is 11.7. The van der Waals surface area contributed by atoms with Gasteiger partial charge in [0.25, 0.3) is 0 Å². The van der Waals surface area contributed by atoms with Gasteiger partial charge in [0.15, 0.2) is 0 Å². The van der Waals surface area contributed by atoms with Crippen LogP contribution in [0.2, 0.25) is 0 Å². The van der Waals surface area contributed by atoms with E-state index in [-0.39, 0.29) is 0 Å². The summed E-state index contributed by atoms with van der Waals surface area (Å²) in [5.41, 5.74) is 0.309. The van der Waals surface area contributed by atoms with Gasteiger partial charge in [0.05, 0.1) is 5.56 Å². The summed E-state index contributed by atoms with van der Waals surface area (Å²) in [6.07, 6.45) is 4.13. The van der Waals surface area contributed by atoms with Crippen LogP contribution in [0.3, 0.4) is 0 Å². The highest BCUT2D eigenvalue weighted by atomic mass is 16.7. The highest BCUT2D eigenvalue weighted by molar-refractivity contribution is 5.88. The summed E-state index contributed by atoms with van der Waals surface area (Å²) in [5.74, 6) is -1.55. The van der Waals surface area contributed by atoms with Crippen LogP contribution in [0.4, 0.5) is 0 Å². The minimum absolute atomic E-state index is 0.309. The highest BCUT2D eigenvalue weighted by Gasteiger charge is 2.33. The van der Waals surface area contributed by atoms with Crippen LogP contribution in [0.15, 0.2) is 24.5 Å². The molecule has 1 aromatic heterocycles. The fourth-order valence-corrected chi connectivity index (χ4v) is 1.74. The van der Waals surface area contributed by atoms with Crippen molar-refractivity contribution in [1.29, 1.82) is 0 Å². The average Bonchev–Trinajstić information content (AvgIpc) is 2.78. The third-order valence-corrected chi connectivity index (χ3v) is 2.59. The molecule has 0 aliphatic carbocycles. The van der Waals surface area contributed by atoms with E-state index in [0.29, 0.717) is 24.9 Å². The van der Waals surface area contributed by atoms with Crippen molar-refractivity contribution >= 4 is 11.9 Å². The molecule has 1 aliphatic rings. The number of nitrogens with zero attached hydrogens (tertiary/aromatic N) is 2. The van der Waals surface area contributed by atoms with E-state index in [2.05, 4.69) is 4.98 Å². The molecular weight excluding hydrogens is 224 g/mol. The summed E-state index contributed by atoms with van der Waals surface area (Å²) in [6, 6.07) is 2.45. The number of hydrogen-bond donors (Lipinski definition) is 1. The third kappa shape index (κ3) is 2.59.